The van der Waals surface area contributed by atoms with Gasteiger partial charge in [0, 0.05) is 38.8 Å². The van der Waals surface area contributed by atoms with E-state index >= 15 is 0 Å². The minimum absolute atomic E-state index is 0.487. The molecule has 1 atom stereocenters. The van der Waals surface area contributed by atoms with Crippen LogP contribution in [0.15, 0.2) is 24.3 Å². The zero-order valence-corrected chi connectivity index (χ0v) is 14.5. The summed E-state index contributed by atoms with van der Waals surface area (Å²) in [7, 11) is 1.76. The maximum Gasteiger partial charge on any atom is 0.119 e. The highest BCUT2D eigenvalue weighted by Gasteiger charge is 2.25. The van der Waals surface area contributed by atoms with Crippen LogP contribution in [0.3, 0.4) is 0 Å². The predicted molar refractivity (Wildman–Crippen MR) is 95.1 cm³/mol. The molecular weight excluding hydrogens is 286 g/mol. The molecule has 2 saturated heterocycles. The normalized spacial score (nSPS) is 22.5. The van der Waals surface area contributed by atoms with Gasteiger partial charge in [-0.25, -0.2) is 0 Å². The summed E-state index contributed by atoms with van der Waals surface area (Å²) in [6.07, 6.45) is 5.44. The zero-order valence-electron chi connectivity index (χ0n) is 14.5. The van der Waals surface area contributed by atoms with Crippen molar-refractivity contribution in [1.29, 1.82) is 0 Å². The Labute approximate surface area is 140 Å². The summed E-state index contributed by atoms with van der Waals surface area (Å²) in [6, 6.07) is 9.18. The van der Waals surface area contributed by atoms with E-state index in [0.29, 0.717) is 6.04 Å². The van der Waals surface area contributed by atoms with Gasteiger partial charge in [-0.05, 0) is 43.6 Å². The number of nitrogens with one attached hydrogen (secondary N) is 1. The van der Waals surface area contributed by atoms with Gasteiger partial charge < -0.3 is 10.1 Å². The number of hydrogen-bond acceptors (Lipinski definition) is 4. The molecule has 23 heavy (non-hydrogen) atoms. The highest BCUT2D eigenvalue weighted by Crippen LogP contribution is 2.28. The number of methoxy groups -OCH3 is 1. The maximum atomic E-state index is 5.46. The number of hydrogen-bond donors (Lipinski definition) is 1. The fourth-order valence-corrected chi connectivity index (χ4v) is 3.83. The molecular formula is C19H31N3O. The molecule has 128 valence electrons. The molecule has 2 aliphatic heterocycles. The van der Waals surface area contributed by atoms with E-state index < -0.39 is 0 Å². The van der Waals surface area contributed by atoms with Gasteiger partial charge in [-0.1, -0.05) is 25.0 Å². The van der Waals surface area contributed by atoms with Crippen molar-refractivity contribution in [3.8, 4) is 5.75 Å². The third-order valence-corrected chi connectivity index (χ3v) is 5.20. The lowest BCUT2D eigenvalue weighted by Crippen LogP contribution is -2.47. The second-order valence-electron chi connectivity index (χ2n) is 6.79. The summed E-state index contributed by atoms with van der Waals surface area (Å²) in [5.74, 6) is 0.975. The van der Waals surface area contributed by atoms with E-state index in [0.717, 1.165) is 38.5 Å². The van der Waals surface area contributed by atoms with Crippen molar-refractivity contribution in [3.05, 3.63) is 29.8 Å². The highest BCUT2D eigenvalue weighted by atomic mass is 16.5. The van der Waals surface area contributed by atoms with Gasteiger partial charge in [-0.15, -0.1) is 0 Å². The topological polar surface area (TPSA) is 27.7 Å². The molecule has 0 amide bonds. The first kappa shape index (κ1) is 16.7. The van der Waals surface area contributed by atoms with E-state index in [1.54, 1.807) is 7.11 Å². The van der Waals surface area contributed by atoms with Gasteiger partial charge in [0.05, 0.1) is 7.11 Å². The Morgan fingerprint density at radius 1 is 1.04 bits per heavy atom. The van der Waals surface area contributed by atoms with Crippen molar-refractivity contribution < 1.29 is 4.74 Å². The summed E-state index contributed by atoms with van der Waals surface area (Å²) in [6.45, 7) is 8.15. The van der Waals surface area contributed by atoms with Crippen molar-refractivity contribution in [1.82, 2.24) is 15.1 Å². The van der Waals surface area contributed by atoms with E-state index in [-0.39, 0.29) is 0 Å². The molecule has 1 N–H and O–H groups in total. The molecule has 3 rings (SSSR count). The second-order valence-corrected chi connectivity index (χ2v) is 6.79. The lowest BCUT2D eigenvalue weighted by atomic mass is 10.0. The molecule has 4 heteroatoms. The molecule has 1 unspecified atom stereocenters. The number of rotatable bonds is 5. The number of benzene rings is 1. The maximum absolute atomic E-state index is 5.46. The van der Waals surface area contributed by atoms with Gasteiger partial charge in [0.2, 0.25) is 0 Å². The molecule has 0 radical (unpaired) electrons. The second kappa shape index (κ2) is 8.67. The Hall–Kier alpha value is -1.10. The summed E-state index contributed by atoms with van der Waals surface area (Å²) in [5, 5.41) is 3.46. The Morgan fingerprint density at radius 2 is 1.78 bits per heavy atom. The smallest absolute Gasteiger partial charge is 0.119 e. The average Bonchev–Trinajstić information content (AvgIpc) is 2.90. The Bertz CT molecular complexity index is 465. The SMILES string of the molecule is COc1cccc(C(CN2CCNCC2)N2CCCCCC2)c1. The van der Waals surface area contributed by atoms with Gasteiger partial charge in [-0.2, -0.15) is 0 Å². The third-order valence-electron chi connectivity index (χ3n) is 5.20. The first-order valence-corrected chi connectivity index (χ1v) is 9.18. The van der Waals surface area contributed by atoms with Crippen LogP contribution in [-0.4, -0.2) is 62.7 Å². The van der Waals surface area contributed by atoms with E-state index in [4.69, 9.17) is 4.74 Å². The standard InChI is InChI=1S/C19H31N3O/c1-23-18-8-6-7-17(15-18)19(16-21-13-9-20-10-14-21)22-11-4-2-3-5-12-22/h6-8,15,19-20H,2-5,9-14,16H2,1H3. The third kappa shape index (κ3) is 4.69. The molecule has 1 aromatic carbocycles. The van der Waals surface area contributed by atoms with Crippen LogP contribution in [0.25, 0.3) is 0 Å². The summed E-state index contributed by atoms with van der Waals surface area (Å²) in [4.78, 5) is 5.33. The summed E-state index contributed by atoms with van der Waals surface area (Å²) in [5.41, 5.74) is 1.41. The number of piperazine rings is 1. The first-order valence-electron chi connectivity index (χ1n) is 9.18. The van der Waals surface area contributed by atoms with Crippen LogP contribution in [0.5, 0.6) is 5.75 Å². The minimum Gasteiger partial charge on any atom is -0.497 e. The fourth-order valence-electron chi connectivity index (χ4n) is 3.83. The highest BCUT2D eigenvalue weighted by molar-refractivity contribution is 5.31. The van der Waals surface area contributed by atoms with Gasteiger partial charge in [0.25, 0.3) is 0 Å². The molecule has 0 aliphatic carbocycles. The van der Waals surface area contributed by atoms with E-state index in [9.17, 15) is 0 Å². The van der Waals surface area contributed by atoms with Gasteiger partial charge >= 0.3 is 0 Å². The zero-order chi connectivity index (χ0) is 15.9. The average molecular weight is 317 g/mol. The predicted octanol–water partition coefficient (Wildman–Crippen LogP) is 2.52. The molecule has 2 heterocycles. The lowest BCUT2D eigenvalue weighted by Gasteiger charge is -2.37. The van der Waals surface area contributed by atoms with Crippen LogP contribution in [0.1, 0.15) is 37.3 Å². The molecule has 2 fully saturated rings. The van der Waals surface area contributed by atoms with Crippen molar-refractivity contribution in [2.45, 2.75) is 31.7 Å². The van der Waals surface area contributed by atoms with E-state index in [1.807, 2.05) is 6.07 Å². The van der Waals surface area contributed by atoms with Crippen LogP contribution in [0, 0.1) is 0 Å². The van der Waals surface area contributed by atoms with Crippen molar-refractivity contribution in [2.24, 2.45) is 0 Å². The summed E-state index contributed by atoms with van der Waals surface area (Å²) >= 11 is 0. The van der Waals surface area contributed by atoms with Gasteiger partial charge in [-0.3, -0.25) is 9.80 Å². The van der Waals surface area contributed by atoms with Crippen LogP contribution in [0.4, 0.5) is 0 Å². The summed E-state index contributed by atoms with van der Waals surface area (Å²) < 4.78 is 5.46. The van der Waals surface area contributed by atoms with Crippen LogP contribution in [-0.2, 0) is 0 Å². The molecule has 0 aromatic heterocycles. The number of nitrogens with zero attached hydrogens (tertiary/aromatic N) is 2. The lowest BCUT2D eigenvalue weighted by molar-refractivity contribution is 0.132. The first-order chi connectivity index (χ1) is 11.4. The minimum atomic E-state index is 0.487. The Kier molecular flexibility index (Phi) is 6.31. The fraction of sp³-hybridized carbons (Fsp3) is 0.684. The van der Waals surface area contributed by atoms with Gasteiger partial charge in [0.15, 0.2) is 0 Å². The molecule has 4 nitrogen and oxygen atoms in total. The Balaban J connectivity index is 1.78. The monoisotopic (exact) mass is 317 g/mol. The van der Waals surface area contributed by atoms with Crippen LogP contribution < -0.4 is 10.1 Å². The van der Waals surface area contributed by atoms with Crippen molar-refractivity contribution in [3.63, 3.8) is 0 Å². The quantitative estimate of drug-likeness (QED) is 0.903. The molecule has 0 spiro atoms. The molecule has 1 aromatic rings. The largest absolute Gasteiger partial charge is 0.497 e. The number of ether oxygens (including phenoxy) is 1. The molecule has 0 bridgehead atoms. The number of likely N-dealkylation sites (tertiary alicyclic amines) is 1. The molecule has 0 saturated carbocycles. The van der Waals surface area contributed by atoms with Gasteiger partial charge in [0.1, 0.15) is 5.75 Å². The van der Waals surface area contributed by atoms with Crippen LogP contribution >= 0.6 is 0 Å². The van der Waals surface area contributed by atoms with Crippen molar-refractivity contribution in [2.75, 3.05) is 52.9 Å². The van der Waals surface area contributed by atoms with Crippen molar-refractivity contribution >= 4 is 0 Å². The van der Waals surface area contributed by atoms with E-state index in [1.165, 1.54) is 44.3 Å². The van der Waals surface area contributed by atoms with E-state index in [2.05, 4.69) is 33.3 Å². The molecule has 2 aliphatic rings. The van der Waals surface area contributed by atoms with Crippen LogP contribution in [0.2, 0.25) is 0 Å². The Morgan fingerprint density at radius 3 is 2.48 bits per heavy atom.